The molecule has 0 unspecified atom stereocenters. The number of aliphatic hydroxyl groups excluding tert-OH is 34. The van der Waals surface area contributed by atoms with Gasteiger partial charge in [0.1, 0.15) is 281 Å². The zero-order chi connectivity index (χ0) is 106. The molecule has 0 aromatic rings. The molecule has 64 heteroatoms. The van der Waals surface area contributed by atoms with Crippen molar-refractivity contribution in [3.05, 3.63) is 0 Å². The van der Waals surface area contributed by atoms with E-state index in [1.807, 2.05) is 0 Å². The van der Waals surface area contributed by atoms with Crippen molar-refractivity contribution < 1.29 is 297 Å². The molecule has 0 radical (unpaired) electrons. The maximum atomic E-state index is 13.4. The Hall–Kier alpha value is -4.36. The van der Waals surface area contributed by atoms with E-state index in [9.17, 15) is 193 Å². The van der Waals surface area contributed by atoms with Crippen LogP contribution in [-0.2, 0) is 123 Å². The van der Waals surface area contributed by atoms with Gasteiger partial charge in [0.15, 0.2) is 69.2 Å². The SMILES string of the molecule is CC(=O)N[C@H]1[C@H](O[C@@H]([C@H](O)[C@H](CO)NC(C)=O)[C@H](O)CO[C@H]2O[C@H](C)[C@H](O)[C@H](O)[C@H]2O)O[C@H](CO)[C@@H](O[C@@H]2O[C@H](CO[C@H]3O[C@H](CO)[C@@H](O)[C@H](O)[C@@H]3O[C@@H]3O[C@H](CO)[C@@H](O[C@@H]4O[C@H](CO)[C@H](O)[C@H](O[C@H]5O[C@H](CO)[C@H](O)[C@H](O)[C@H]5O)[C@H]4O)[C@H](O)[C@H]3NC(C)=O)[C@@H](O)[C@H](O[C@H]3O[C@H](CO)[C@@H](O)[C@H](O)[C@@H]3O[C@@H]3O[C@H](CO)[C@@H](O[C@@H]4O[C@H](CO)[C@H](O)[C@H](O[C@H]5O[C@H](CO)[C@H](O)[C@H](O)[C@H]5O)[C@H]4O)[C@H](O)[C@H]3NC(C)=O)[C@@H]2O)[C@@H]1O. The van der Waals surface area contributed by atoms with Crippen LogP contribution in [0.2, 0.25) is 0 Å². The van der Waals surface area contributed by atoms with Crippen molar-refractivity contribution in [2.75, 3.05) is 79.3 Å². The Labute approximate surface area is 815 Å². The number of nitrogens with one attached hydrogen (secondary N) is 4. The van der Waals surface area contributed by atoms with E-state index in [1.54, 1.807) is 0 Å². The van der Waals surface area contributed by atoms with Crippen LogP contribution in [0.3, 0.4) is 0 Å². The second kappa shape index (κ2) is 53.0. The van der Waals surface area contributed by atoms with Gasteiger partial charge in [-0.25, -0.2) is 0 Å². The first-order valence-electron chi connectivity index (χ1n) is 46.0. The van der Waals surface area contributed by atoms with Crippen LogP contribution in [0.1, 0.15) is 34.6 Å². The number of hydrogen-bond donors (Lipinski definition) is 38. The molecule has 11 saturated heterocycles. The van der Waals surface area contributed by atoms with Crippen molar-refractivity contribution in [2.45, 2.75) is 397 Å². The Bertz CT molecular complexity index is 3920. The average Bonchev–Trinajstić information content (AvgIpc) is 0.774. The molecule has 11 heterocycles. The summed E-state index contributed by atoms with van der Waals surface area (Å²) < 4.78 is 130. The summed E-state index contributed by atoms with van der Waals surface area (Å²) in [7, 11) is 0. The Balaban J connectivity index is 0.916. The molecular weight excluding hydrogens is 1980 g/mol. The van der Waals surface area contributed by atoms with Gasteiger partial charge in [-0.2, -0.15) is 0 Å². The zero-order valence-electron chi connectivity index (χ0n) is 77.4. The van der Waals surface area contributed by atoms with E-state index < -0.39 is 465 Å². The van der Waals surface area contributed by atoms with Crippen LogP contribution in [0.5, 0.6) is 0 Å². The van der Waals surface area contributed by atoms with Crippen LogP contribution >= 0.6 is 0 Å². The largest absolute Gasteiger partial charge is 0.394 e. The summed E-state index contributed by atoms with van der Waals surface area (Å²) >= 11 is 0. The van der Waals surface area contributed by atoms with E-state index in [2.05, 4.69) is 21.3 Å². The third-order valence-corrected chi connectivity index (χ3v) is 26.3. The second-order valence-electron chi connectivity index (χ2n) is 36.4. The smallest absolute Gasteiger partial charge is 0.217 e. The van der Waals surface area contributed by atoms with E-state index in [-0.39, 0.29) is 0 Å². The summed E-state index contributed by atoms with van der Waals surface area (Å²) in [5.41, 5.74) is 0. The van der Waals surface area contributed by atoms with Crippen LogP contribution in [0.15, 0.2) is 0 Å². The van der Waals surface area contributed by atoms with E-state index >= 15 is 0 Å². The summed E-state index contributed by atoms with van der Waals surface area (Å²) in [5.74, 6) is -4.06. The lowest BCUT2D eigenvalue weighted by molar-refractivity contribution is -0.400. The number of aliphatic hydroxyl groups is 34. The molecule has 0 aromatic heterocycles. The van der Waals surface area contributed by atoms with Crippen molar-refractivity contribution in [1.29, 1.82) is 0 Å². The van der Waals surface area contributed by atoms with E-state index in [0.29, 0.717) is 0 Å². The molecule has 11 rings (SSSR count). The molecule has 0 bridgehead atoms. The quantitative estimate of drug-likeness (QED) is 0.0270. The fraction of sp³-hybridized carbons (Fsp3) is 0.950. The number of rotatable bonds is 41. The van der Waals surface area contributed by atoms with Crippen molar-refractivity contribution in [3.8, 4) is 0 Å². The van der Waals surface area contributed by atoms with E-state index in [1.165, 1.54) is 6.92 Å². The lowest BCUT2D eigenvalue weighted by Gasteiger charge is -2.51. The Morgan fingerprint density at radius 2 is 0.535 bits per heavy atom. The third kappa shape index (κ3) is 26.8. The monoisotopic (exact) mass is 2110 g/mol. The minimum absolute atomic E-state index is 0.861. The predicted octanol–water partition coefficient (Wildman–Crippen LogP) is -25.9. The van der Waals surface area contributed by atoms with Gasteiger partial charge in [0.25, 0.3) is 0 Å². The average molecular weight is 2110 g/mol. The van der Waals surface area contributed by atoms with Gasteiger partial charge in [0.2, 0.25) is 23.6 Å². The summed E-state index contributed by atoms with van der Waals surface area (Å²) in [5, 5.41) is 391. The van der Waals surface area contributed by atoms with Crippen LogP contribution in [0, 0.1) is 0 Å². The number of carbonyl (C=O) groups is 4. The Morgan fingerprint density at radius 3 is 0.896 bits per heavy atom. The molecule has 0 aromatic carbocycles. The molecule has 4 amide bonds. The minimum atomic E-state index is -2.73. The van der Waals surface area contributed by atoms with Gasteiger partial charge in [-0.15, -0.1) is 0 Å². The maximum absolute atomic E-state index is 13.4. The molecule has 64 nitrogen and oxygen atoms in total. The van der Waals surface area contributed by atoms with E-state index in [4.69, 9.17) is 104 Å². The molecule has 0 aliphatic carbocycles. The van der Waals surface area contributed by atoms with Crippen LogP contribution in [0.4, 0.5) is 0 Å². The molecule has 11 aliphatic rings. The fourth-order valence-electron chi connectivity index (χ4n) is 18.3. The van der Waals surface area contributed by atoms with Crippen molar-refractivity contribution in [2.24, 2.45) is 0 Å². The van der Waals surface area contributed by atoms with Gasteiger partial charge in [-0.3, -0.25) is 19.2 Å². The number of hydrogen-bond acceptors (Lipinski definition) is 60. The lowest BCUT2D eigenvalue weighted by atomic mass is 9.94. The Morgan fingerprint density at radius 1 is 0.257 bits per heavy atom. The topological polar surface area (TPSA) is 1010 Å². The summed E-state index contributed by atoms with van der Waals surface area (Å²) in [4.78, 5) is 52.3. The molecule has 0 spiro atoms. The highest BCUT2D eigenvalue weighted by molar-refractivity contribution is 5.74. The third-order valence-electron chi connectivity index (χ3n) is 26.3. The van der Waals surface area contributed by atoms with Crippen LogP contribution in [0.25, 0.3) is 0 Å². The Kier molecular flexibility index (Phi) is 44.1. The van der Waals surface area contributed by atoms with Crippen molar-refractivity contribution in [1.82, 2.24) is 21.3 Å². The number of ether oxygens (including phenoxy) is 22. The molecule has 38 N–H and O–H groups in total. The summed E-state index contributed by atoms with van der Waals surface area (Å²) in [6.45, 7) is -9.31. The minimum Gasteiger partial charge on any atom is -0.394 e. The lowest BCUT2D eigenvalue weighted by Crippen LogP contribution is -2.70. The summed E-state index contributed by atoms with van der Waals surface area (Å²) in [6.07, 6.45) is -119. The van der Waals surface area contributed by atoms with E-state index in [0.717, 1.165) is 27.7 Å². The first-order chi connectivity index (χ1) is 68.1. The molecular formula is C80H136N4O60. The van der Waals surface area contributed by atoms with Gasteiger partial charge in [0.05, 0.1) is 91.4 Å². The highest BCUT2D eigenvalue weighted by atomic mass is 16.8. The standard InChI is InChI=1S/C80H136N4O60/c1-18-38(100)50(112)55(117)73(125-18)123-16-24(99)61(39(101)23(6-85)81-19(2)95)136-70-35(82-20(3)96)47(109)64(31(13-92)132-70)139-78-60(122)67(142-80-69(54(116)43(105)28(10-89)131-80)144-72-37(84-22(5)98)49(111)63(33(15-94)134-72)138-77-59(121)66(45(107)30(12-91)129-77)141-75-57(119)52(114)41(103)26(8-87)127-75)46(108)34(135-78)17-124-79-68(53(115)42(104)27(9-88)130-79)143-71-36(83-21(4)97)48(110)62(32(14-93)133-71)137-76-58(120)65(44(106)29(11-90)128-76)140-74-56(118)51(113)40(102)25(7-86)126-74/h18,23-80,85-94,99-122H,6-17H2,1-5H3,(H,81,95)(H,82,96)(H,83,97)(H,84,98)/t18-,23+,24-,25-,26-,27-,28-,29-,30-,31-,32-,33-,34-,35-,36-,37-,38+,39-,40+,41+,42-,43-,44+,45+,46-,47-,48-,49-,50+,51+,52+,53+,54+,55-,56-,57-,58-,59-,60+,61-,62-,63-,64-,65+,66+,67+,68+,69+,70+,71+,72+,73+,74-,75-,76+,77+,78+,79+,80-/m1/s1. The number of carbonyl (C=O) groups excluding carboxylic acids is 4. The van der Waals surface area contributed by atoms with Crippen LogP contribution < -0.4 is 21.3 Å². The molecule has 11 aliphatic heterocycles. The first kappa shape index (κ1) is 120. The highest BCUT2D eigenvalue weighted by Gasteiger charge is 2.63. The molecule has 11 fully saturated rings. The fourth-order valence-corrected chi connectivity index (χ4v) is 18.3. The highest BCUT2D eigenvalue weighted by Crippen LogP contribution is 2.42. The molecule has 144 heavy (non-hydrogen) atoms. The zero-order valence-corrected chi connectivity index (χ0v) is 77.4. The maximum Gasteiger partial charge on any atom is 0.217 e. The normalized spacial score (nSPS) is 48.1. The molecule has 59 atom stereocenters. The first-order valence-corrected chi connectivity index (χ1v) is 46.0. The van der Waals surface area contributed by atoms with Gasteiger partial charge >= 0.3 is 0 Å². The van der Waals surface area contributed by atoms with Crippen molar-refractivity contribution >= 4 is 23.6 Å². The summed E-state index contributed by atoms with van der Waals surface area (Å²) in [6, 6.07) is -8.13. The molecule has 836 valence electrons. The van der Waals surface area contributed by atoms with Gasteiger partial charge < -0.3 is 299 Å². The van der Waals surface area contributed by atoms with Gasteiger partial charge in [-0.1, -0.05) is 0 Å². The molecule has 0 saturated carbocycles. The van der Waals surface area contributed by atoms with Gasteiger partial charge in [-0.05, 0) is 6.92 Å². The predicted molar refractivity (Wildman–Crippen MR) is 442 cm³/mol. The van der Waals surface area contributed by atoms with Crippen molar-refractivity contribution in [3.63, 3.8) is 0 Å². The number of amides is 4. The van der Waals surface area contributed by atoms with Gasteiger partial charge in [0, 0.05) is 27.7 Å². The second-order valence-corrected chi connectivity index (χ2v) is 36.4. The van der Waals surface area contributed by atoms with Crippen LogP contribution in [-0.4, -0.2) is 638 Å².